The van der Waals surface area contributed by atoms with E-state index < -0.39 is 41.4 Å². The first-order valence-corrected chi connectivity index (χ1v) is 14.5. The molecule has 43 heavy (non-hydrogen) atoms. The Morgan fingerprint density at radius 1 is 1.09 bits per heavy atom. The molecule has 4 rings (SSSR count). The van der Waals surface area contributed by atoms with E-state index in [4.69, 9.17) is 4.74 Å². The second kappa shape index (κ2) is 12.8. The number of hydrogen-bond donors (Lipinski definition) is 4. The predicted octanol–water partition coefficient (Wildman–Crippen LogP) is 5.48. The molecule has 4 N–H and O–H groups in total. The standard InChI is InChI=1S/C32H40FN5O5/c1-18(2)16-25(36-31(42)43-32(4,5)6)29(40)37-30(41)26-8-7-15-38(26)22-13-14-24-23(17-22)27(33)28(35-24)20-9-11-21(12-10-20)34-19(3)39/h9-14,17-18,25-26,35H,7-8,15-16H2,1-6H3,(H,34,39)(H,36,42)(H,37,40,41)/t25-,26+/m1/s1. The van der Waals surface area contributed by atoms with Crippen molar-refractivity contribution in [3.8, 4) is 11.3 Å². The van der Waals surface area contributed by atoms with Crippen molar-refractivity contribution in [1.82, 2.24) is 15.6 Å². The molecular formula is C32H40FN5O5. The zero-order valence-electron chi connectivity index (χ0n) is 25.5. The molecule has 11 heteroatoms. The van der Waals surface area contributed by atoms with E-state index in [-0.39, 0.29) is 11.8 Å². The average Bonchev–Trinajstić information content (AvgIpc) is 3.52. The number of alkyl carbamates (subject to hydrolysis) is 1. The summed E-state index contributed by atoms with van der Waals surface area (Å²) in [4.78, 5) is 55.1. The topological polar surface area (TPSA) is 133 Å². The number of carbonyl (C=O) groups is 4. The molecule has 0 aliphatic carbocycles. The van der Waals surface area contributed by atoms with Crippen molar-refractivity contribution < 1.29 is 28.3 Å². The van der Waals surface area contributed by atoms with Crippen LogP contribution in [0.3, 0.4) is 0 Å². The fourth-order valence-electron chi connectivity index (χ4n) is 5.24. The number of hydrogen-bond acceptors (Lipinski definition) is 6. The highest BCUT2D eigenvalue weighted by Gasteiger charge is 2.34. The summed E-state index contributed by atoms with van der Waals surface area (Å²) in [6, 6.07) is 10.6. The van der Waals surface area contributed by atoms with E-state index in [1.165, 1.54) is 6.92 Å². The molecule has 2 atom stereocenters. The van der Waals surface area contributed by atoms with Gasteiger partial charge in [-0.15, -0.1) is 0 Å². The molecule has 1 fully saturated rings. The van der Waals surface area contributed by atoms with Crippen molar-refractivity contribution in [2.24, 2.45) is 5.92 Å². The first-order chi connectivity index (χ1) is 20.2. The Bertz CT molecular complexity index is 1510. The van der Waals surface area contributed by atoms with Crippen LogP contribution in [0.2, 0.25) is 0 Å². The number of anilines is 2. The predicted molar refractivity (Wildman–Crippen MR) is 164 cm³/mol. The molecule has 230 valence electrons. The summed E-state index contributed by atoms with van der Waals surface area (Å²) < 4.78 is 20.9. The van der Waals surface area contributed by atoms with E-state index in [2.05, 4.69) is 20.9 Å². The van der Waals surface area contributed by atoms with Gasteiger partial charge in [0.05, 0.1) is 5.69 Å². The third kappa shape index (κ3) is 7.91. The van der Waals surface area contributed by atoms with Crippen LogP contribution in [-0.2, 0) is 19.1 Å². The highest BCUT2D eigenvalue weighted by molar-refractivity contribution is 6.02. The number of carbonyl (C=O) groups excluding carboxylic acids is 4. The highest BCUT2D eigenvalue weighted by atomic mass is 19.1. The van der Waals surface area contributed by atoms with Crippen LogP contribution < -0.4 is 20.9 Å². The van der Waals surface area contributed by atoms with Crippen LogP contribution in [0.1, 0.15) is 60.8 Å². The number of aromatic amines is 1. The van der Waals surface area contributed by atoms with Crippen molar-refractivity contribution in [3.05, 3.63) is 48.3 Å². The van der Waals surface area contributed by atoms with Crippen molar-refractivity contribution in [3.63, 3.8) is 0 Å². The van der Waals surface area contributed by atoms with Gasteiger partial charge < -0.3 is 25.3 Å². The summed E-state index contributed by atoms with van der Waals surface area (Å²) in [6.07, 6.45) is 0.840. The molecule has 2 aromatic carbocycles. The summed E-state index contributed by atoms with van der Waals surface area (Å²) in [6.45, 7) is 11.0. The largest absolute Gasteiger partial charge is 0.444 e. The van der Waals surface area contributed by atoms with E-state index in [0.29, 0.717) is 52.9 Å². The quantitative estimate of drug-likeness (QED) is 0.273. The Labute approximate surface area is 250 Å². The minimum atomic E-state index is -0.940. The number of amides is 4. The molecule has 1 aliphatic rings. The third-order valence-electron chi connectivity index (χ3n) is 7.06. The van der Waals surface area contributed by atoms with Crippen LogP contribution in [0.5, 0.6) is 0 Å². The van der Waals surface area contributed by atoms with E-state index in [0.717, 1.165) is 6.42 Å². The van der Waals surface area contributed by atoms with Gasteiger partial charge in [-0.3, -0.25) is 19.7 Å². The summed E-state index contributed by atoms with van der Waals surface area (Å²) in [5.41, 5.74) is 2.08. The Balaban J connectivity index is 1.50. The van der Waals surface area contributed by atoms with E-state index in [1.54, 1.807) is 57.2 Å². The minimum Gasteiger partial charge on any atom is -0.444 e. The Hall–Kier alpha value is -4.41. The molecular weight excluding hydrogens is 553 g/mol. The Morgan fingerprint density at radius 2 is 1.79 bits per heavy atom. The van der Waals surface area contributed by atoms with Crippen LogP contribution in [0.4, 0.5) is 20.6 Å². The number of nitrogens with one attached hydrogen (secondary N) is 4. The van der Waals surface area contributed by atoms with E-state index in [1.807, 2.05) is 24.8 Å². The molecule has 1 aromatic heterocycles. The molecule has 0 bridgehead atoms. The normalized spacial score (nSPS) is 15.8. The van der Waals surface area contributed by atoms with Gasteiger partial charge in [0.2, 0.25) is 17.7 Å². The van der Waals surface area contributed by atoms with Crippen molar-refractivity contribution >= 4 is 46.1 Å². The van der Waals surface area contributed by atoms with Gasteiger partial charge in [-0.25, -0.2) is 9.18 Å². The zero-order valence-corrected chi connectivity index (χ0v) is 25.5. The summed E-state index contributed by atoms with van der Waals surface area (Å²) in [5, 5.41) is 8.15. The van der Waals surface area contributed by atoms with Gasteiger partial charge in [-0.1, -0.05) is 26.0 Å². The number of rotatable bonds is 8. The number of aromatic nitrogens is 1. The number of imide groups is 1. The fourth-order valence-corrected chi connectivity index (χ4v) is 5.24. The van der Waals surface area contributed by atoms with Gasteiger partial charge in [-0.05, 0) is 76.3 Å². The van der Waals surface area contributed by atoms with Gasteiger partial charge >= 0.3 is 6.09 Å². The van der Waals surface area contributed by atoms with E-state index >= 15 is 4.39 Å². The number of nitrogens with zero attached hydrogens (tertiary/aromatic N) is 1. The van der Waals surface area contributed by atoms with Gasteiger partial charge in [0.25, 0.3) is 0 Å². The molecule has 2 heterocycles. The molecule has 3 aromatic rings. The molecule has 0 unspecified atom stereocenters. The second-order valence-electron chi connectivity index (χ2n) is 12.3. The maximum absolute atomic E-state index is 15.6. The summed E-state index contributed by atoms with van der Waals surface area (Å²) in [7, 11) is 0. The molecule has 10 nitrogen and oxygen atoms in total. The molecule has 0 radical (unpaired) electrons. The second-order valence-corrected chi connectivity index (χ2v) is 12.3. The fraction of sp³-hybridized carbons (Fsp3) is 0.438. The van der Waals surface area contributed by atoms with Crippen molar-refractivity contribution in [1.29, 1.82) is 0 Å². The molecule has 1 saturated heterocycles. The van der Waals surface area contributed by atoms with Crippen LogP contribution in [0.15, 0.2) is 42.5 Å². The summed E-state index contributed by atoms with van der Waals surface area (Å²) >= 11 is 0. The maximum Gasteiger partial charge on any atom is 0.408 e. The smallest absolute Gasteiger partial charge is 0.408 e. The van der Waals surface area contributed by atoms with Crippen molar-refractivity contribution in [2.75, 3.05) is 16.8 Å². The number of benzene rings is 2. The number of ether oxygens (including phenoxy) is 1. The van der Waals surface area contributed by atoms with Gasteiger partial charge in [0.15, 0.2) is 5.82 Å². The van der Waals surface area contributed by atoms with Crippen LogP contribution in [0.25, 0.3) is 22.2 Å². The number of halogens is 1. The van der Waals surface area contributed by atoms with Crippen molar-refractivity contribution in [2.45, 2.75) is 78.5 Å². The highest BCUT2D eigenvalue weighted by Crippen LogP contribution is 2.34. The van der Waals surface area contributed by atoms with Crippen LogP contribution in [0, 0.1) is 11.7 Å². The molecule has 0 spiro atoms. The first kappa shape index (κ1) is 31.5. The third-order valence-corrected chi connectivity index (χ3v) is 7.06. The van der Waals surface area contributed by atoms with Gasteiger partial charge in [0.1, 0.15) is 17.7 Å². The lowest BCUT2D eigenvalue weighted by atomic mass is 10.0. The lowest BCUT2D eigenvalue weighted by Crippen LogP contribution is -2.53. The minimum absolute atomic E-state index is 0.0757. The van der Waals surface area contributed by atoms with E-state index in [9.17, 15) is 19.2 Å². The van der Waals surface area contributed by atoms with Crippen LogP contribution in [-0.4, -0.2) is 53.0 Å². The van der Waals surface area contributed by atoms with Gasteiger partial charge in [0, 0.05) is 41.3 Å². The lowest BCUT2D eigenvalue weighted by molar-refractivity contribution is -0.132. The van der Waals surface area contributed by atoms with Crippen LogP contribution >= 0.6 is 0 Å². The summed E-state index contributed by atoms with van der Waals surface area (Å²) in [5.74, 6) is -1.62. The van der Waals surface area contributed by atoms with Gasteiger partial charge in [-0.2, -0.15) is 0 Å². The lowest BCUT2D eigenvalue weighted by Gasteiger charge is -2.27. The molecule has 0 saturated carbocycles. The maximum atomic E-state index is 15.6. The number of H-pyrrole nitrogens is 1. The monoisotopic (exact) mass is 593 g/mol. The average molecular weight is 594 g/mol. The zero-order chi connectivity index (χ0) is 31.5. The first-order valence-electron chi connectivity index (χ1n) is 14.5. The Morgan fingerprint density at radius 3 is 2.42 bits per heavy atom. The SMILES string of the molecule is CC(=O)Nc1ccc(-c2[nH]c3ccc(N4CCC[C@H]4C(=O)NC(=O)[C@@H](CC(C)C)NC(=O)OC(C)(C)C)cc3c2F)cc1. The molecule has 1 aliphatic heterocycles. The Kier molecular flexibility index (Phi) is 9.42. The molecule has 4 amide bonds. The number of fused-ring (bicyclic) bond motifs is 1.